The summed E-state index contributed by atoms with van der Waals surface area (Å²) in [4.78, 5) is 22.5. The quantitative estimate of drug-likeness (QED) is 0.845. The van der Waals surface area contributed by atoms with Crippen molar-refractivity contribution >= 4 is 23.2 Å². The van der Waals surface area contributed by atoms with Crippen molar-refractivity contribution in [2.24, 2.45) is 0 Å². The van der Waals surface area contributed by atoms with E-state index in [0.717, 1.165) is 16.9 Å². The van der Waals surface area contributed by atoms with Crippen LogP contribution in [0.3, 0.4) is 0 Å². The molecule has 2 amide bonds. The number of hydrogen-bond donors (Lipinski definition) is 2. The van der Waals surface area contributed by atoms with E-state index in [1.807, 2.05) is 39.0 Å². The van der Waals surface area contributed by atoms with Gasteiger partial charge in [0.25, 0.3) is 0 Å². The Labute approximate surface area is 108 Å². The molecule has 98 valence electrons. The van der Waals surface area contributed by atoms with E-state index in [4.69, 9.17) is 0 Å². The van der Waals surface area contributed by atoms with Gasteiger partial charge in [0.15, 0.2) is 0 Å². The Morgan fingerprint density at radius 2 is 1.33 bits per heavy atom. The molecule has 0 saturated carbocycles. The molecule has 4 nitrogen and oxygen atoms in total. The highest BCUT2D eigenvalue weighted by Crippen LogP contribution is 2.35. The number of hydrogen-bond acceptors (Lipinski definition) is 2. The fraction of sp³-hybridized carbons (Fsp3) is 0.429. The summed E-state index contributed by atoms with van der Waals surface area (Å²) in [7, 11) is 0. The topological polar surface area (TPSA) is 58.2 Å². The smallest absolute Gasteiger partial charge is 0.221 e. The van der Waals surface area contributed by atoms with E-state index in [-0.39, 0.29) is 17.2 Å². The van der Waals surface area contributed by atoms with E-state index in [2.05, 4.69) is 10.6 Å². The molecule has 0 aliphatic rings. The zero-order valence-electron chi connectivity index (χ0n) is 11.5. The van der Waals surface area contributed by atoms with Gasteiger partial charge in [0, 0.05) is 30.8 Å². The highest BCUT2D eigenvalue weighted by Gasteiger charge is 2.22. The second kappa shape index (κ2) is 5.21. The fourth-order valence-electron chi connectivity index (χ4n) is 1.95. The van der Waals surface area contributed by atoms with Gasteiger partial charge >= 0.3 is 0 Å². The largest absolute Gasteiger partial charge is 0.326 e. The molecular weight excluding hydrogens is 228 g/mol. The van der Waals surface area contributed by atoms with Crippen LogP contribution < -0.4 is 10.6 Å². The highest BCUT2D eigenvalue weighted by atomic mass is 16.2. The fourth-order valence-corrected chi connectivity index (χ4v) is 1.95. The normalized spacial score (nSPS) is 10.9. The van der Waals surface area contributed by atoms with Crippen LogP contribution in [-0.2, 0) is 15.0 Å². The molecule has 0 spiro atoms. The predicted molar refractivity (Wildman–Crippen MR) is 73.7 cm³/mol. The summed E-state index contributed by atoms with van der Waals surface area (Å²) in [6, 6.07) is 5.49. The van der Waals surface area contributed by atoms with E-state index in [0.29, 0.717) is 0 Å². The van der Waals surface area contributed by atoms with Gasteiger partial charge in [0.1, 0.15) is 0 Å². The first kappa shape index (κ1) is 14.2. The average Bonchev–Trinajstić information content (AvgIpc) is 2.13. The molecule has 0 unspecified atom stereocenters. The van der Waals surface area contributed by atoms with Crippen molar-refractivity contribution in [2.45, 2.75) is 40.0 Å². The van der Waals surface area contributed by atoms with Crippen LogP contribution in [-0.4, -0.2) is 11.8 Å². The van der Waals surface area contributed by atoms with Crippen molar-refractivity contribution in [3.8, 4) is 0 Å². The summed E-state index contributed by atoms with van der Waals surface area (Å²) >= 11 is 0. The second-order valence-corrected chi connectivity index (χ2v) is 5.34. The molecule has 18 heavy (non-hydrogen) atoms. The van der Waals surface area contributed by atoms with Gasteiger partial charge in [-0.05, 0) is 17.5 Å². The van der Waals surface area contributed by atoms with E-state index in [1.54, 1.807) is 0 Å². The third-order valence-corrected chi connectivity index (χ3v) is 2.44. The SMILES string of the molecule is CC(=O)Nc1cccc(NC(C)=O)c1C(C)(C)C. The number of amides is 2. The Morgan fingerprint density at radius 1 is 0.944 bits per heavy atom. The lowest BCUT2D eigenvalue weighted by Gasteiger charge is -2.26. The van der Waals surface area contributed by atoms with Gasteiger partial charge in [0.05, 0.1) is 0 Å². The lowest BCUT2D eigenvalue weighted by Crippen LogP contribution is -2.20. The Morgan fingerprint density at radius 3 is 1.61 bits per heavy atom. The molecule has 1 aromatic rings. The molecule has 0 aliphatic heterocycles. The molecule has 0 aliphatic carbocycles. The van der Waals surface area contributed by atoms with Crippen LogP contribution in [0.1, 0.15) is 40.2 Å². The molecule has 0 heterocycles. The third-order valence-electron chi connectivity index (χ3n) is 2.44. The Kier molecular flexibility index (Phi) is 4.11. The average molecular weight is 248 g/mol. The van der Waals surface area contributed by atoms with Crippen LogP contribution >= 0.6 is 0 Å². The van der Waals surface area contributed by atoms with Crippen LogP contribution in [0.5, 0.6) is 0 Å². The number of carbonyl (C=O) groups excluding carboxylic acids is 2. The van der Waals surface area contributed by atoms with Crippen LogP contribution in [0.15, 0.2) is 18.2 Å². The molecule has 2 N–H and O–H groups in total. The Bertz CT molecular complexity index is 439. The van der Waals surface area contributed by atoms with Gasteiger partial charge in [-0.25, -0.2) is 0 Å². The summed E-state index contributed by atoms with van der Waals surface area (Å²) in [5.41, 5.74) is 2.22. The summed E-state index contributed by atoms with van der Waals surface area (Å²) in [6.07, 6.45) is 0. The highest BCUT2D eigenvalue weighted by molar-refractivity contribution is 5.94. The van der Waals surface area contributed by atoms with Crippen LogP contribution in [0, 0.1) is 0 Å². The van der Waals surface area contributed by atoms with Crippen molar-refractivity contribution in [1.82, 2.24) is 0 Å². The maximum atomic E-state index is 11.2. The number of rotatable bonds is 2. The molecule has 0 fully saturated rings. The van der Waals surface area contributed by atoms with Crippen LogP contribution in [0.2, 0.25) is 0 Å². The molecule has 1 aromatic carbocycles. The maximum absolute atomic E-state index is 11.2. The van der Waals surface area contributed by atoms with E-state index in [1.165, 1.54) is 13.8 Å². The molecule has 1 rings (SSSR count). The van der Waals surface area contributed by atoms with Crippen molar-refractivity contribution in [3.05, 3.63) is 23.8 Å². The third kappa shape index (κ3) is 3.58. The van der Waals surface area contributed by atoms with Crippen molar-refractivity contribution in [3.63, 3.8) is 0 Å². The van der Waals surface area contributed by atoms with Crippen LogP contribution in [0.4, 0.5) is 11.4 Å². The number of carbonyl (C=O) groups is 2. The Balaban J connectivity index is 3.34. The predicted octanol–water partition coefficient (Wildman–Crippen LogP) is 2.90. The maximum Gasteiger partial charge on any atom is 0.221 e. The van der Waals surface area contributed by atoms with E-state index >= 15 is 0 Å². The van der Waals surface area contributed by atoms with Gasteiger partial charge < -0.3 is 10.6 Å². The molecule has 0 radical (unpaired) electrons. The molecule has 0 atom stereocenters. The number of benzene rings is 1. The minimum Gasteiger partial charge on any atom is -0.326 e. The standard InChI is InChI=1S/C14H20N2O2/c1-9(17)15-11-7-6-8-12(16-10(2)18)13(11)14(3,4)5/h6-8H,1-5H3,(H,15,17)(H,16,18). The van der Waals surface area contributed by atoms with Crippen molar-refractivity contribution < 1.29 is 9.59 Å². The van der Waals surface area contributed by atoms with Crippen molar-refractivity contribution in [1.29, 1.82) is 0 Å². The number of anilines is 2. The molecule has 0 aromatic heterocycles. The van der Waals surface area contributed by atoms with E-state index < -0.39 is 0 Å². The van der Waals surface area contributed by atoms with Crippen molar-refractivity contribution in [2.75, 3.05) is 10.6 Å². The first-order valence-corrected chi connectivity index (χ1v) is 5.90. The van der Waals surface area contributed by atoms with Gasteiger partial charge in [-0.2, -0.15) is 0 Å². The van der Waals surface area contributed by atoms with E-state index in [9.17, 15) is 9.59 Å². The monoisotopic (exact) mass is 248 g/mol. The summed E-state index contributed by atoms with van der Waals surface area (Å²) in [5, 5.41) is 5.61. The zero-order chi connectivity index (χ0) is 13.9. The Hall–Kier alpha value is -1.84. The molecule has 4 heteroatoms. The minimum atomic E-state index is -0.184. The first-order valence-electron chi connectivity index (χ1n) is 5.90. The van der Waals surface area contributed by atoms with Crippen LogP contribution in [0.25, 0.3) is 0 Å². The molecule has 0 saturated heterocycles. The first-order chi connectivity index (χ1) is 8.21. The zero-order valence-corrected chi connectivity index (χ0v) is 11.5. The van der Waals surface area contributed by atoms with Gasteiger partial charge in [-0.1, -0.05) is 26.8 Å². The number of nitrogens with one attached hydrogen (secondary N) is 2. The molecule has 0 bridgehead atoms. The lowest BCUT2D eigenvalue weighted by molar-refractivity contribution is -0.115. The van der Waals surface area contributed by atoms with Gasteiger partial charge in [-0.3, -0.25) is 9.59 Å². The van der Waals surface area contributed by atoms with Gasteiger partial charge in [0.2, 0.25) is 11.8 Å². The summed E-state index contributed by atoms with van der Waals surface area (Å²) in [5.74, 6) is -0.249. The summed E-state index contributed by atoms with van der Waals surface area (Å²) < 4.78 is 0. The summed E-state index contributed by atoms with van der Waals surface area (Å²) in [6.45, 7) is 9.06. The second-order valence-electron chi connectivity index (χ2n) is 5.34. The lowest BCUT2D eigenvalue weighted by atomic mass is 9.84. The van der Waals surface area contributed by atoms with Gasteiger partial charge in [-0.15, -0.1) is 0 Å². The molecular formula is C14H20N2O2. The minimum absolute atomic E-state index is 0.125.